The fourth-order valence-corrected chi connectivity index (χ4v) is 2.67. The van der Waals surface area contributed by atoms with Crippen molar-refractivity contribution in [3.05, 3.63) is 64.1 Å². The number of benzene rings is 2. The number of hydrogen-bond donors (Lipinski definition) is 2. The van der Waals surface area contributed by atoms with Crippen LogP contribution in [0, 0.1) is 0 Å². The number of halogens is 1. The predicted octanol–water partition coefficient (Wildman–Crippen LogP) is 3.19. The molecule has 0 unspecified atom stereocenters. The Hall–Kier alpha value is -2.34. The first kappa shape index (κ1) is 17.0. The van der Waals surface area contributed by atoms with Crippen molar-refractivity contribution in [2.75, 3.05) is 6.61 Å². The molecule has 1 atom stereocenters. The maximum absolute atomic E-state index is 11.9. The minimum absolute atomic E-state index is 0.0270. The van der Waals surface area contributed by atoms with Crippen LogP contribution in [0.4, 0.5) is 0 Å². The second-order valence-corrected chi connectivity index (χ2v) is 5.76. The fourth-order valence-electron chi connectivity index (χ4n) is 2.04. The number of rotatable bonds is 5. The van der Waals surface area contributed by atoms with E-state index in [1.54, 1.807) is 12.1 Å². The molecule has 0 heterocycles. The molecular formula is C17H16BrNO4. The van der Waals surface area contributed by atoms with Gasteiger partial charge in [-0.1, -0.05) is 46.3 Å². The van der Waals surface area contributed by atoms with E-state index in [4.69, 9.17) is 4.74 Å². The zero-order valence-corrected chi connectivity index (χ0v) is 14.0. The molecule has 120 valence electrons. The van der Waals surface area contributed by atoms with E-state index in [0.29, 0.717) is 0 Å². The van der Waals surface area contributed by atoms with Gasteiger partial charge in [0.15, 0.2) is 6.61 Å². The summed E-state index contributed by atoms with van der Waals surface area (Å²) in [6, 6.07) is 13.3. The summed E-state index contributed by atoms with van der Waals surface area (Å²) in [6.07, 6.45) is 0. The van der Waals surface area contributed by atoms with Gasteiger partial charge in [-0.25, -0.2) is 4.79 Å². The summed E-state index contributed by atoms with van der Waals surface area (Å²) in [5.74, 6) is -1.34. The van der Waals surface area contributed by atoms with Crippen LogP contribution >= 0.6 is 15.9 Å². The van der Waals surface area contributed by atoms with E-state index in [0.717, 1.165) is 10.0 Å². The molecule has 0 saturated heterocycles. The molecule has 6 heteroatoms. The first-order valence-corrected chi connectivity index (χ1v) is 7.77. The van der Waals surface area contributed by atoms with Crippen molar-refractivity contribution < 1.29 is 19.4 Å². The maximum atomic E-state index is 11.9. The van der Waals surface area contributed by atoms with Gasteiger partial charge in [-0.15, -0.1) is 0 Å². The van der Waals surface area contributed by atoms with Gasteiger partial charge in [0.05, 0.1) is 6.04 Å². The minimum Gasteiger partial charge on any atom is -0.507 e. The Kier molecular flexibility index (Phi) is 5.76. The standard InChI is InChI=1S/C17H16BrNO4/c1-11(12-6-2-4-8-14(12)18)19-16(21)10-23-17(22)13-7-3-5-9-15(13)20/h2-9,11,20H,10H2,1H3,(H,19,21)/t11-/m0/s1. The number of aromatic hydroxyl groups is 1. The van der Waals surface area contributed by atoms with Crippen LogP contribution in [-0.2, 0) is 9.53 Å². The SMILES string of the molecule is C[C@H](NC(=O)COC(=O)c1ccccc1O)c1ccccc1Br. The van der Waals surface area contributed by atoms with Crippen LogP contribution in [0.5, 0.6) is 5.75 Å². The van der Waals surface area contributed by atoms with Crippen LogP contribution in [0.2, 0.25) is 0 Å². The summed E-state index contributed by atoms with van der Waals surface area (Å²) in [6.45, 7) is 1.42. The van der Waals surface area contributed by atoms with Crippen molar-refractivity contribution in [2.45, 2.75) is 13.0 Å². The number of nitrogens with one attached hydrogen (secondary N) is 1. The Balaban J connectivity index is 1.89. The molecule has 0 saturated carbocycles. The Morgan fingerprint density at radius 1 is 1.17 bits per heavy atom. The number of hydrogen-bond acceptors (Lipinski definition) is 4. The lowest BCUT2D eigenvalue weighted by Crippen LogP contribution is -2.31. The van der Waals surface area contributed by atoms with Gasteiger partial charge in [0.2, 0.25) is 0 Å². The van der Waals surface area contributed by atoms with Gasteiger partial charge in [-0.3, -0.25) is 4.79 Å². The number of phenols is 1. The molecule has 0 aliphatic rings. The van der Waals surface area contributed by atoms with Gasteiger partial charge in [-0.05, 0) is 30.7 Å². The third kappa shape index (κ3) is 4.56. The minimum atomic E-state index is -0.744. The number of carbonyl (C=O) groups is 2. The number of carbonyl (C=O) groups excluding carboxylic acids is 2. The molecule has 5 nitrogen and oxygen atoms in total. The van der Waals surface area contributed by atoms with Crippen LogP contribution in [0.25, 0.3) is 0 Å². The Labute approximate surface area is 142 Å². The van der Waals surface area contributed by atoms with Crippen LogP contribution < -0.4 is 5.32 Å². The van der Waals surface area contributed by atoms with Crippen molar-refractivity contribution in [1.29, 1.82) is 0 Å². The summed E-state index contributed by atoms with van der Waals surface area (Å²) in [4.78, 5) is 23.7. The summed E-state index contributed by atoms with van der Waals surface area (Å²) in [7, 11) is 0. The molecule has 2 aromatic rings. The van der Waals surface area contributed by atoms with Crippen molar-refractivity contribution in [3.63, 3.8) is 0 Å². The first-order chi connectivity index (χ1) is 11.0. The van der Waals surface area contributed by atoms with Crippen LogP contribution in [0.1, 0.15) is 28.9 Å². The average molecular weight is 378 g/mol. The number of esters is 1. The Morgan fingerprint density at radius 2 is 1.83 bits per heavy atom. The normalized spacial score (nSPS) is 11.6. The number of ether oxygens (including phenoxy) is 1. The molecule has 0 radical (unpaired) electrons. The molecule has 0 bridgehead atoms. The van der Waals surface area contributed by atoms with E-state index in [1.165, 1.54) is 12.1 Å². The third-order valence-corrected chi connectivity index (χ3v) is 3.93. The molecule has 0 aliphatic carbocycles. The second-order valence-electron chi connectivity index (χ2n) is 4.90. The highest BCUT2D eigenvalue weighted by atomic mass is 79.9. The summed E-state index contributed by atoms with van der Waals surface area (Å²) < 4.78 is 5.80. The van der Waals surface area contributed by atoms with Crippen molar-refractivity contribution in [2.24, 2.45) is 0 Å². The first-order valence-electron chi connectivity index (χ1n) is 6.98. The smallest absolute Gasteiger partial charge is 0.342 e. The van der Waals surface area contributed by atoms with Crippen molar-refractivity contribution in [1.82, 2.24) is 5.32 Å². The molecule has 2 N–H and O–H groups in total. The highest BCUT2D eigenvalue weighted by molar-refractivity contribution is 9.10. The van der Waals surface area contributed by atoms with E-state index in [2.05, 4.69) is 21.2 Å². The maximum Gasteiger partial charge on any atom is 0.342 e. The summed E-state index contributed by atoms with van der Waals surface area (Å²) >= 11 is 3.42. The van der Waals surface area contributed by atoms with Crippen LogP contribution in [0.15, 0.2) is 53.0 Å². The van der Waals surface area contributed by atoms with Gasteiger partial charge >= 0.3 is 5.97 Å². The zero-order chi connectivity index (χ0) is 16.8. The third-order valence-electron chi connectivity index (χ3n) is 3.21. The summed E-state index contributed by atoms with van der Waals surface area (Å²) in [5.41, 5.74) is 0.951. The van der Waals surface area contributed by atoms with Gasteiger partial charge in [0.1, 0.15) is 11.3 Å². The quantitative estimate of drug-likeness (QED) is 0.784. The number of phenolic OH excluding ortho intramolecular Hbond substituents is 1. The molecule has 23 heavy (non-hydrogen) atoms. The van der Waals surface area contributed by atoms with Crippen molar-refractivity contribution in [3.8, 4) is 5.75 Å². The van der Waals surface area contributed by atoms with E-state index in [1.807, 2.05) is 31.2 Å². The van der Waals surface area contributed by atoms with Crippen molar-refractivity contribution >= 4 is 27.8 Å². The molecule has 0 aromatic heterocycles. The van der Waals surface area contributed by atoms with Gasteiger partial charge in [0.25, 0.3) is 5.91 Å². The van der Waals surface area contributed by atoms with E-state index >= 15 is 0 Å². The highest BCUT2D eigenvalue weighted by Crippen LogP contribution is 2.22. The van der Waals surface area contributed by atoms with E-state index in [9.17, 15) is 14.7 Å². The lowest BCUT2D eigenvalue weighted by Gasteiger charge is -2.16. The predicted molar refractivity (Wildman–Crippen MR) is 89.1 cm³/mol. The average Bonchev–Trinajstić information content (AvgIpc) is 2.53. The van der Waals surface area contributed by atoms with Gasteiger partial charge in [-0.2, -0.15) is 0 Å². The fraction of sp³-hybridized carbons (Fsp3) is 0.176. The Morgan fingerprint density at radius 3 is 2.52 bits per heavy atom. The van der Waals surface area contributed by atoms with Gasteiger partial charge in [0, 0.05) is 4.47 Å². The largest absolute Gasteiger partial charge is 0.507 e. The monoisotopic (exact) mass is 377 g/mol. The molecule has 0 spiro atoms. The lowest BCUT2D eigenvalue weighted by atomic mass is 10.1. The molecule has 1 amide bonds. The van der Waals surface area contributed by atoms with E-state index in [-0.39, 0.29) is 17.4 Å². The van der Waals surface area contributed by atoms with Crippen LogP contribution in [-0.4, -0.2) is 23.6 Å². The van der Waals surface area contributed by atoms with Gasteiger partial charge < -0.3 is 15.2 Å². The highest BCUT2D eigenvalue weighted by Gasteiger charge is 2.16. The molecule has 0 aliphatic heterocycles. The molecule has 2 aromatic carbocycles. The molecule has 2 rings (SSSR count). The lowest BCUT2D eigenvalue weighted by molar-refractivity contribution is -0.124. The Bertz CT molecular complexity index is 717. The topological polar surface area (TPSA) is 75.6 Å². The zero-order valence-electron chi connectivity index (χ0n) is 12.5. The number of para-hydroxylation sites is 1. The number of amides is 1. The second kappa shape index (κ2) is 7.78. The molecular weight excluding hydrogens is 362 g/mol. The molecule has 0 fully saturated rings. The van der Waals surface area contributed by atoms with Crippen LogP contribution in [0.3, 0.4) is 0 Å². The summed E-state index contributed by atoms with van der Waals surface area (Å²) in [5, 5.41) is 12.3. The van der Waals surface area contributed by atoms with E-state index < -0.39 is 18.5 Å².